The van der Waals surface area contributed by atoms with Crippen LogP contribution >= 0.6 is 0 Å². The van der Waals surface area contributed by atoms with E-state index in [4.69, 9.17) is 0 Å². The van der Waals surface area contributed by atoms with Crippen molar-refractivity contribution in [2.45, 2.75) is 37.3 Å². The topological polar surface area (TPSA) is 76.0 Å². The van der Waals surface area contributed by atoms with Crippen LogP contribution in [0.2, 0.25) is 0 Å². The van der Waals surface area contributed by atoms with Gasteiger partial charge in [0.15, 0.2) is 5.03 Å². The van der Waals surface area contributed by atoms with Crippen LogP contribution in [0.25, 0.3) is 0 Å². The molecular formula is C11H20N4O2S. The lowest BCUT2D eigenvalue weighted by molar-refractivity contribution is 0.538. The van der Waals surface area contributed by atoms with Gasteiger partial charge in [-0.05, 0) is 32.7 Å². The van der Waals surface area contributed by atoms with Crippen LogP contribution in [0.1, 0.15) is 25.1 Å². The van der Waals surface area contributed by atoms with Crippen molar-refractivity contribution in [2.24, 2.45) is 7.05 Å². The summed E-state index contributed by atoms with van der Waals surface area (Å²) >= 11 is 0. The van der Waals surface area contributed by atoms with E-state index in [1.807, 2.05) is 0 Å². The summed E-state index contributed by atoms with van der Waals surface area (Å²) in [4.78, 5) is 4.03. The van der Waals surface area contributed by atoms with Gasteiger partial charge in [-0.1, -0.05) is 0 Å². The van der Waals surface area contributed by atoms with E-state index in [9.17, 15) is 8.42 Å². The Bertz CT molecular complexity index is 484. The fraction of sp³-hybridized carbons (Fsp3) is 0.727. The van der Waals surface area contributed by atoms with Gasteiger partial charge in [0.1, 0.15) is 5.82 Å². The number of imidazole rings is 1. The highest BCUT2D eigenvalue weighted by Gasteiger charge is 2.19. The maximum absolute atomic E-state index is 12.0. The number of hydrogen-bond acceptors (Lipinski definition) is 4. The van der Waals surface area contributed by atoms with Crippen LogP contribution in [0.5, 0.6) is 0 Å². The van der Waals surface area contributed by atoms with Crippen LogP contribution in [0.4, 0.5) is 0 Å². The van der Waals surface area contributed by atoms with Crippen molar-refractivity contribution in [3.8, 4) is 0 Å². The Balaban J connectivity index is 1.90. The highest BCUT2D eigenvalue weighted by Crippen LogP contribution is 2.10. The van der Waals surface area contributed by atoms with Gasteiger partial charge in [-0.2, -0.15) is 0 Å². The first-order valence-corrected chi connectivity index (χ1v) is 7.70. The minimum atomic E-state index is -3.46. The zero-order valence-corrected chi connectivity index (χ0v) is 11.6. The van der Waals surface area contributed by atoms with Crippen LogP contribution in [0, 0.1) is 6.92 Å². The Labute approximate surface area is 108 Å². The average Bonchev–Trinajstić information content (AvgIpc) is 2.90. The fourth-order valence-electron chi connectivity index (χ4n) is 2.10. The summed E-state index contributed by atoms with van der Waals surface area (Å²) < 4.78 is 28.2. The predicted molar refractivity (Wildman–Crippen MR) is 68.8 cm³/mol. The van der Waals surface area contributed by atoms with Crippen LogP contribution in [-0.4, -0.2) is 37.1 Å². The van der Waals surface area contributed by atoms with Crippen LogP contribution < -0.4 is 10.0 Å². The van der Waals surface area contributed by atoms with Crippen molar-refractivity contribution in [1.82, 2.24) is 19.6 Å². The summed E-state index contributed by atoms with van der Waals surface area (Å²) in [6.07, 6.45) is 4.66. The zero-order chi connectivity index (χ0) is 13.2. The highest BCUT2D eigenvalue weighted by molar-refractivity contribution is 7.89. The largest absolute Gasteiger partial charge is 0.337 e. The van der Waals surface area contributed by atoms with Crippen LogP contribution in [0.15, 0.2) is 11.2 Å². The SMILES string of the molecule is Cc1nc(S(=O)(=O)NCC[C@H]2CCCN2)cn1C. The maximum Gasteiger partial charge on any atom is 0.259 e. The Morgan fingerprint density at radius 3 is 2.94 bits per heavy atom. The third kappa shape index (κ3) is 3.09. The van der Waals surface area contributed by atoms with Gasteiger partial charge in [0.05, 0.1) is 0 Å². The first-order chi connectivity index (χ1) is 8.49. The molecule has 0 amide bonds. The second kappa shape index (κ2) is 5.38. The van der Waals surface area contributed by atoms with E-state index >= 15 is 0 Å². The maximum atomic E-state index is 12.0. The van der Waals surface area contributed by atoms with Gasteiger partial charge in [0, 0.05) is 25.8 Å². The first kappa shape index (κ1) is 13.5. The molecule has 0 spiro atoms. The summed E-state index contributed by atoms with van der Waals surface area (Å²) in [5, 5.41) is 3.44. The molecule has 6 nitrogen and oxygen atoms in total. The molecule has 1 aromatic rings. The normalized spacial score (nSPS) is 20.4. The Hall–Kier alpha value is -0.920. The second-order valence-corrected chi connectivity index (χ2v) is 6.43. The zero-order valence-electron chi connectivity index (χ0n) is 10.8. The van der Waals surface area contributed by atoms with E-state index in [0.29, 0.717) is 18.4 Å². The summed E-state index contributed by atoms with van der Waals surface area (Å²) in [5.74, 6) is 0.688. The van der Waals surface area contributed by atoms with Gasteiger partial charge in [-0.15, -0.1) is 0 Å². The number of nitrogens with zero attached hydrogens (tertiary/aromatic N) is 2. The molecule has 1 aliphatic rings. The predicted octanol–water partition coefficient (Wildman–Crippen LogP) is 0.149. The number of aromatic nitrogens is 2. The lowest BCUT2D eigenvalue weighted by atomic mass is 10.2. The number of rotatable bonds is 5. The quantitative estimate of drug-likeness (QED) is 0.800. The Morgan fingerprint density at radius 1 is 1.61 bits per heavy atom. The van der Waals surface area contributed by atoms with Crippen molar-refractivity contribution in [3.05, 3.63) is 12.0 Å². The first-order valence-electron chi connectivity index (χ1n) is 6.22. The van der Waals surface area contributed by atoms with Gasteiger partial charge >= 0.3 is 0 Å². The molecule has 1 saturated heterocycles. The summed E-state index contributed by atoms with van der Waals surface area (Å²) in [5.41, 5.74) is 0. The molecule has 0 unspecified atom stereocenters. The van der Waals surface area contributed by atoms with Crippen LogP contribution in [-0.2, 0) is 17.1 Å². The number of nitrogens with one attached hydrogen (secondary N) is 2. The van der Waals surface area contributed by atoms with E-state index in [-0.39, 0.29) is 5.03 Å². The van der Waals surface area contributed by atoms with E-state index in [1.54, 1.807) is 18.5 Å². The molecule has 102 valence electrons. The lowest BCUT2D eigenvalue weighted by Crippen LogP contribution is -2.30. The molecule has 2 heterocycles. The minimum Gasteiger partial charge on any atom is -0.337 e. The van der Waals surface area contributed by atoms with E-state index < -0.39 is 10.0 Å². The molecule has 1 aliphatic heterocycles. The van der Waals surface area contributed by atoms with Gasteiger partial charge in [0.25, 0.3) is 10.0 Å². The van der Waals surface area contributed by atoms with Crippen molar-refractivity contribution < 1.29 is 8.42 Å². The van der Waals surface area contributed by atoms with E-state index in [1.165, 1.54) is 12.6 Å². The highest BCUT2D eigenvalue weighted by atomic mass is 32.2. The van der Waals surface area contributed by atoms with Crippen LogP contribution in [0.3, 0.4) is 0 Å². The lowest BCUT2D eigenvalue weighted by Gasteiger charge is -2.10. The summed E-state index contributed by atoms with van der Waals surface area (Å²) in [7, 11) is -1.68. The van der Waals surface area contributed by atoms with Crippen molar-refractivity contribution >= 4 is 10.0 Å². The third-order valence-electron chi connectivity index (χ3n) is 3.31. The second-order valence-electron chi connectivity index (χ2n) is 4.72. The standard InChI is InChI=1S/C11H20N4O2S/c1-9-14-11(8-15(9)2)18(16,17)13-7-5-10-4-3-6-12-10/h8,10,12-13H,3-7H2,1-2H3/t10-/m1/s1. The van der Waals surface area contributed by atoms with Gasteiger partial charge in [0.2, 0.25) is 0 Å². The fourth-order valence-corrected chi connectivity index (χ4v) is 3.18. The Kier molecular flexibility index (Phi) is 4.04. The monoisotopic (exact) mass is 272 g/mol. The molecule has 2 N–H and O–H groups in total. The van der Waals surface area contributed by atoms with Crippen molar-refractivity contribution in [3.63, 3.8) is 0 Å². The molecule has 0 aromatic carbocycles. The average molecular weight is 272 g/mol. The molecule has 1 aromatic heterocycles. The molecule has 7 heteroatoms. The number of sulfonamides is 1. The van der Waals surface area contributed by atoms with Crippen molar-refractivity contribution in [1.29, 1.82) is 0 Å². The molecule has 1 atom stereocenters. The molecular weight excluding hydrogens is 252 g/mol. The van der Waals surface area contributed by atoms with E-state index in [2.05, 4.69) is 15.0 Å². The number of hydrogen-bond donors (Lipinski definition) is 2. The molecule has 2 rings (SSSR count). The van der Waals surface area contributed by atoms with Crippen molar-refractivity contribution in [2.75, 3.05) is 13.1 Å². The molecule has 1 fully saturated rings. The smallest absolute Gasteiger partial charge is 0.259 e. The number of aryl methyl sites for hydroxylation is 2. The Morgan fingerprint density at radius 2 is 2.39 bits per heavy atom. The summed E-state index contributed by atoms with van der Waals surface area (Å²) in [6, 6.07) is 0.443. The van der Waals surface area contributed by atoms with Gasteiger partial charge < -0.3 is 9.88 Å². The van der Waals surface area contributed by atoms with Gasteiger partial charge in [-0.25, -0.2) is 18.1 Å². The molecule has 0 bridgehead atoms. The molecule has 0 aliphatic carbocycles. The van der Waals surface area contributed by atoms with E-state index in [0.717, 1.165) is 19.4 Å². The molecule has 0 saturated carbocycles. The minimum absolute atomic E-state index is 0.0990. The summed E-state index contributed by atoms with van der Waals surface area (Å²) in [6.45, 7) is 3.27. The molecule has 0 radical (unpaired) electrons. The third-order valence-corrected chi connectivity index (χ3v) is 4.64. The molecule has 18 heavy (non-hydrogen) atoms. The van der Waals surface area contributed by atoms with Gasteiger partial charge in [-0.3, -0.25) is 0 Å².